The van der Waals surface area contributed by atoms with Crippen LogP contribution in [0.2, 0.25) is 0 Å². The molecule has 0 saturated heterocycles. The van der Waals surface area contributed by atoms with Crippen molar-refractivity contribution in [2.75, 3.05) is 13.2 Å². The van der Waals surface area contributed by atoms with Gasteiger partial charge in [-0.2, -0.15) is 0 Å². The topological polar surface area (TPSA) is 90.4 Å². The lowest BCUT2D eigenvalue weighted by molar-refractivity contribution is -0.397. The van der Waals surface area contributed by atoms with E-state index in [2.05, 4.69) is 4.98 Å². The van der Waals surface area contributed by atoms with Crippen LogP contribution in [-0.4, -0.2) is 32.8 Å². The molecule has 0 atom stereocenters. The summed E-state index contributed by atoms with van der Waals surface area (Å²) >= 11 is 0. The third kappa shape index (κ3) is 3.49. The third-order valence-corrected chi connectivity index (χ3v) is 1.57. The van der Waals surface area contributed by atoms with Crippen LogP contribution in [0.15, 0.2) is 24.5 Å². The zero-order valence-electron chi connectivity index (χ0n) is 7.94. The minimum Gasteiger partial charge on any atom is -0.392 e. The van der Waals surface area contributed by atoms with Crippen molar-refractivity contribution in [1.82, 2.24) is 9.55 Å². The summed E-state index contributed by atoms with van der Waals surface area (Å²) in [7, 11) is 0. The van der Waals surface area contributed by atoms with E-state index in [1.807, 2.05) is 0 Å². The highest BCUT2D eigenvalue weighted by Crippen LogP contribution is 2.06. The maximum atomic E-state index is 10.4. The lowest BCUT2D eigenvalue weighted by Gasteiger charge is -2.00. The summed E-state index contributed by atoms with van der Waals surface area (Å²) in [5, 5.41) is 18.9. The van der Waals surface area contributed by atoms with Crippen LogP contribution in [0.1, 0.15) is 0 Å². The van der Waals surface area contributed by atoms with Gasteiger partial charge in [0.2, 0.25) is 0 Å². The molecule has 0 aromatic carbocycles. The highest BCUT2D eigenvalue weighted by molar-refractivity contribution is 5.05. The van der Waals surface area contributed by atoms with Crippen molar-refractivity contribution in [1.29, 1.82) is 0 Å². The van der Waals surface area contributed by atoms with Crippen LogP contribution >= 0.6 is 0 Å². The first kappa shape index (κ1) is 11.3. The van der Waals surface area contributed by atoms with Gasteiger partial charge in [-0.25, -0.2) is 4.57 Å². The Morgan fingerprint density at radius 3 is 3.13 bits per heavy atom. The Hall–Kier alpha value is -1.73. The van der Waals surface area contributed by atoms with Crippen molar-refractivity contribution in [3.63, 3.8) is 0 Å². The summed E-state index contributed by atoms with van der Waals surface area (Å²) in [6.45, 7) is 0.302. The van der Waals surface area contributed by atoms with Crippen LogP contribution < -0.4 is 0 Å². The van der Waals surface area contributed by atoms with E-state index in [0.29, 0.717) is 0 Å². The largest absolute Gasteiger partial charge is 0.436 e. The molecule has 0 aliphatic heterocycles. The second-order valence-corrected chi connectivity index (χ2v) is 2.61. The molecule has 0 unspecified atom stereocenters. The lowest BCUT2D eigenvalue weighted by Crippen LogP contribution is -2.05. The van der Waals surface area contributed by atoms with Gasteiger partial charge >= 0.3 is 5.95 Å². The summed E-state index contributed by atoms with van der Waals surface area (Å²) < 4.78 is 6.38. The van der Waals surface area contributed by atoms with Crippen LogP contribution in [0.3, 0.4) is 0 Å². The zero-order valence-corrected chi connectivity index (χ0v) is 7.94. The van der Waals surface area contributed by atoms with Crippen LogP contribution in [0, 0.1) is 10.1 Å². The molecule has 15 heavy (non-hydrogen) atoms. The minimum absolute atomic E-state index is 0.0470. The number of ether oxygens (including phenoxy) is 1. The molecule has 0 aliphatic carbocycles. The van der Waals surface area contributed by atoms with Gasteiger partial charge in [-0.3, -0.25) is 0 Å². The third-order valence-electron chi connectivity index (χ3n) is 1.57. The van der Waals surface area contributed by atoms with Crippen molar-refractivity contribution in [2.45, 2.75) is 6.73 Å². The second-order valence-electron chi connectivity index (χ2n) is 2.61. The zero-order chi connectivity index (χ0) is 11.1. The molecule has 1 aromatic heterocycles. The van der Waals surface area contributed by atoms with E-state index in [0.717, 1.165) is 0 Å². The van der Waals surface area contributed by atoms with E-state index in [1.54, 1.807) is 6.08 Å². The first-order valence-electron chi connectivity index (χ1n) is 4.25. The Morgan fingerprint density at radius 2 is 2.47 bits per heavy atom. The molecular formula is C8H11N3O4. The molecule has 7 nitrogen and oxygen atoms in total. The van der Waals surface area contributed by atoms with E-state index in [-0.39, 0.29) is 25.9 Å². The fraction of sp³-hybridized carbons (Fsp3) is 0.375. The van der Waals surface area contributed by atoms with Crippen molar-refractivity contribution in [2.24, 2.45) is 0 Å². The predicted molar refractivity (Wildman–Crippen MR) is 51.1 cm³/mol. The first-order chi connectivity index (χ1) is 7.25. The summed E-state index contributed by atoms with van der Waals surface area (Å²) in [5.74, 6) is -0.249. The molecule has 0 aliphatic rings. The SMILES string of the molecule is O=[N+]([O-])c1nccn1COC/C=C/CO. The minimum atomic E-state index is -0.576. The highest BCUT2D eigenvalue weighted by Gasteiger charge is 2.12. The molecular weight excluding hydrogens is 202 g/mol. The van der Waals surface area contributed by atoms with Crippen LogP contribution in [0.25, 0.3) is 0 Å². The molecule has 7 heteroatoms. The summed E-state index contributed by atoms with van der Waals surface area (Å²) in [4.78, 5) is 13.4. The number of imidazole rings is 1. The first-order valence-corrected chi connectivity index (χ1v) is 4.25. The van der Waals surface area contributed by atoms with E-state index < -0.39 is 4.92 Å². The number of nitro groups is 1. The predicted octanol–water partition coefficient (Wildman–Crippen LogP) is 0.314. The van der Waals surface area contributed by atoms with Crippen LogP contribution in [-0.2, 0) is 11.5 Å². The van der Waals surface area contributed by atoms with E-state index in [1.165, 1.54) is 23.0 Å². The number of rotatable bonds is 6. The van der Waals surface area contributed by atoms with Crippen LogP contribution in [0.4, 0.5) is 5.95 Å². The maximum Gasteiger partial charge on any atom is 0.436 e. The fourth-order valence-corrected chi connectivity index (χ4v) is 0.936. The van der Waals surface area contributed by atoms with Crippen molar-refractivity contribution >= 4 is 5.95 Å². The van der Waals surface area contributed by atoms with Gasteiger partial charge in [-0.15, -0.1) is 0 Å². The lowest BCUT2D eigenvalue weighted by atomic mass is 10.5. The Bertz CT molecular complexity index is 347. The van der Waals surface area contributed by atoms with Gasteiger partial charge in [0.05, 0.1) is 13.2 Å². The average molecular weight is 213 g/mol. The van der Waals surface area contributed by atoms with E-state index in [9.17, 15) is 10.1 Å². The molecule has 0 fully saturated rings. The molecule has 1 heterocycles. The monoisotopic (exact) mass is 213 g/mol. The van der Waals surface area contributed by atoms with Gasteiger partial charge < -0.3 is 20.0 Å². The Morgan fingerprint density at radius 1 is 1.67 bits per heavy atom. The Kier molecular flexibility index (Phi) is 4.45. The Balaban J connectivity index is 2.40. The molecule has 1 rings (SSSR count). The fourth-order valence-electron chi connectivity index (χ4n) is 0.936. The molecule has 0 spiro atoms. The van der Waals surface area contributed by atoms with Crippen molar-refractivity contribution in [3.05, 3.63) is 34.7 Å². The van der Waals surface area contributed by atoms with Gasteiger partial charge in [0.1, 0.15) is 12.4 Å². The highest BCUT2D eigenvalue weighted by atomic mass is 16.6. The summed E-state index contributed by atoms with van der Waals surface area (Å²) in [6, 6.07) is 0. The molecule has 0 radical (unpaired) electrons. The van der Waals surface area contributed by atoms with Gasteiger partial charge in [0.15, 0.2) is 6.73 Å². The molecule has 1 aromatic rings. The summed E-state index contributed by atoms with van der Waals surface area (Å²) in [6.07, 6.45) is 5.96. The van der Waals surface area contributed by atoms with E-state index >= 15 is 0 Å². The number of aliphatic hydroxyl groups excluding tert-OH is 1. The van der Waals surface area contributed by atoms with Gasteiger partial charge in [0, 0.05) is 0 Å². The number of nitrogens with zero attached hydrogens (tertiary/aromatic N) is 3. The van der Waals surface area contributed by atoms with E-state index in [4.69, 9.17) is 9.84 Å². The standard InChI is InChI=1S/C8H11N3O4/c12-5-1-2-6-15-7-10-4-3-9-8(10)11(13)14/h1-4,12H,5-7H2/b2-1+. The molecule has 0 amide bonds. The van der Waals surface area contributed by atoms with Gasteiger partial charge in [-0.05, 0) is 4.92 Å². The maximum absolute atomic E-state index is 10.4. The Labute approximate surface area is 85.8 Å². The quantitative estimate of drug-likeness (QED) is 0.318. The number of hydrogen-bond acceptors (Lipinski definition) is 5. The number of aromatic nitrogens is 2. The normalized spacial score (nSPS) is 11.0. The second kappa shape index (κ2) is 5.89. The van der Waals surface area contributed by atoms with Gasteiger partial charge in [-0.1, -0.05) is 17.1 Å². The summed E-state index contributed by atoms with van der Waals surface area (Å²) in [5.41, 5.74) is 0. The molecule has 1 N–H and O–H groups in total. The van der Waals surface area contributed by atoms with Crippen LogP contribution in [0.5, 0.6) is 0 Å². The van der Waals surface area contributed by atoms with Crippen molar-refractivity contribution < 1.29 is 14.8 Å². The number of aliphatic hydroxyl groups is 1. The molecule has 0 saturated carbocycles. The van der Waals surface area contributed by atoms with Crippen molar-refractivity contribution in [3.8, 4) is 0 Å². The molecule has 0 bridgehead atoms. The average Bonchev–Trinajstić information content (AvgIpc) is 2.66. The number of hydrogen-bond donors (Lipinski definition) is 1. The smallest absolute Gasteiger partial charge is 0.392 e. The molecule has 82 valence electrons. The van der Waals surface area contributed by atoms with Gasteiger partial charge in [0.25, 0.3) is 0 Å².